The Labute approximate surface area is 92.1 Å². The molecule has 3 nitrogen and oxygen atoms in total. The van der Waals surface area contributed by atoms with Crippen LogP contribution in [0.5, 0.6) is 0 Å². The quantitative estimate of drug-likeness (QED) is 0.402. The minimum absolute atomic E-state index is 0.314. The van der Waals surface area contributed by atoms with Crippen molar-refractivity contribution in [3.63, 3.8) is 0 Å². The molecule has 0 amide bonds. The second kappa shape index (κ2) is 8.48. The van der Waals surface area contributed by atoms with Crippen molar-refractivity contribution in [1.82, 2.24) is 0 Å². The van der Waals surface area contributed by atoms with Crippen molar-refractivity contribution in [1.29, 1.82) is 0 Å². The van der Waals surface area contributed by atoms with Gasteiger partial charge in [0.2, 0.25) is 0 Å². The zero-order valence-corrected chi connectivity index (χ0v) is 9.95. The summed E-state index contributed by atoms with van der Waals surface area (Å²) in [6.07, 6.45) is 4.76. The first-order valence-electron chi connectivity index (χ1n) is 5.62. The molecule has 15 heavy (non-hydrogen) atoms. The molecule has 0 spiro atoms. The van der Waals surface area contributed by atoms with Crippen LogP contribution in [0.3, 0.4) is 0 Å². The summed E-state index contributed by atoms with van der Waals surface area (Å²) in [5.41, 5.74) is 1.05. The van der Waals surface area contributed by atoms with Crippen LogP contribution in [0.2, 0.25) is 0 Å². The van der Waals surface area contributed by atoms with Crippen LogP contribution < -0.4 is 0 Å². The van der Waals surface area contributed by atoms with Gasteiger partial charge in [0, 0.05) is 6.42 Å². The topological polar surface area (TPSA) is 46.5 Å². The lowest BCUT2D eigenvalue weighted by atomic mass is 10.1. The van der Waals surface area contributed by atoms with Crippen molar-refractivity contribution in [2.24, 2.45) is 0 Å². The summed E-state index contributed by atoms with van der Waals surface area (Å²) < 4.78 is 4.71. The van der Waals surface area contributed by atoms with Gasteiger partial charge >= 0.3 is 5.97 Å². The van der Waals surface area contributed by atoms with E-state index in [0.29, 0.717) is 13.0 Å². The third kappa shape index (κ3) is 7.14. The number of unbranched alkanes of at least 4 members (excludes halogenated alkanes) is 2. The summed E-state index contributed by atoms with van der Waals surface area (Å²) in [5, 5.41) is 9.46. The molecule has 0 saturated carbocycles. The predicted octanol–water partition coefficient (Wildman–Crippen LogP) is 2.44. The lowest BCUT2D eigenvalue weighted by Crippen LogP contribution is -2.23. The highest BCUT2D eigenvalue weighted by Crippen LogP contribution is 2.08. The molecule has 1 unspecified atom stereocenters. The third-order valence-corrected chi connectivity index (χ3v) is 2.12. The highest BCUT2D eigenvalue weighted by Gasteiger charge is 2.15. The van der Waals surface area contributed by atoms with Gasteiger partial charge in [-0.15, -0.1) is 0 Å². The fraction of sp³-hybridized carbons (Fsp3) is 0.750. The van der Waals surface area contributed by atoms with Crippen LogP contribution in [0, 0.1) is 0 Å². The van der Waals surface area contributed by atoms with Crippen LogP contribution in [-0.2, 0) is 9.53 Å². The molecular weight excluding hydrogens is 192 g/mol. The number of allylic oxidation sites excluding steroid dienone is 1. The highest BCUT2D eigenvalue weighted by atomic mass is 16.5. The molecule has 0 rings (SSSR count). The van der Waals surface area contributed by atoms with Gasteiger partial charge in [-0.2, -0.15) is 0 Å². The average Bonchev–Trinajstić information content (AvgIpc) is 2.18. The molecule has 0 aromatic heterocycles. The molecule has 0 fully saturated rings. The summed E-state index contributed by atoms with van der Waals surface area (Å²) in [6, 6.07) is 0. The van der Waals surface area contributed by atoms with Gasteiger partial charge in [0.15, 0.2) is 6.10 Å². The SMILES string of the molecule is CCCC/C=C(\C)CC(O)C(=O)OCC. The second-order valence-corrected chi connectivity index (χ2v) is 3.66. The molecule has 1 atom stereocenters. The molecule has 0 aromatic rings. The van der Waals surface area contributed by atoms with Gasteiger partial charge in [0.05, 0.1) is 6.61 Å². The van der Waals surface area contributed by atoms with Gasteiger partial charge in [-0.1, -0.05) is 31.4 Å². The third-order valence-electron chi connectivity index (χ3n) is 2.12. The molecule has 0 aromatic carbocycles. The van der Waals surface area contributed by atoms with E-state index >= 15 is 0 Å². The van der Waals surface area contributed by atoms with Gasteiger partial charge in [-0.3, -0.25) is 0 Å². The molecule has 0 aliphatic heterocycles. The Morgan fingerprint density at radius 1 is 1.47 bits per heavy atom. The van der Waals surface area contributed by atoms with Crippen molar-refractivity contribution >= 4 is 5.97 Å². The van der Waals surface area contributed by atoms with Gasteiger partial charge in [-0.05, 0) is 20.3 Å². The largest absolute Gasteiger partial charge is 0.464 e. The Balaban J connectivity index is 3.88. The summed E-state index contributed by atoms with van der Waals surface area (Å²) in [5.74, 6) is -0.527. The van der Waals surface area contributed by atoms with Crippen molar-refractivity contribution in [2.45, 2.75) is 52.6 Å². The summed E-state index contributed by atoms with van der Waals surface area (Å²) >= 11 is 0. The number of esters is 1. The normalized spacial score (nSPS) is 13.7. The maximum Gasteiger partial charge on any atom is 0.335 e. The van der Waals surface area contributed by atoms with E-state index in [-0.39, 0.29) is 0 Å². The number of hydrogen-bond donors (Lipinski definition) is 1. The summed E-state index contributed by atoms with van der Waals surface area (Å²) in [6.45, 7) is 6.11. The Morgan fingerprint density at radius 3 is 2.67 bits per heavy atom. The van der Waals surface area contributed by atoms with E-state index in [0.717, 1.165) is 24.8 Å². The number of rotatable bonds is 7. The number of hydrogen-bond acceptors (Lipinski definition) is 3. The number of carbonyl (C=O) groups excluding carboxylic acids is 1. The maximum atomic E-state index is 11.1. The Morgan fingerprint density at radius 2 is 2.13 bits per heavy atom. The molecule has 0 radical (unpaired) electrons. The van der Waals surface area contributed by atoms with E-state index in [4.69, 9.17) is 4.74 Å². The molecular formula is C12H22O3. The first-order valence-corrected chi connectivity index (χ1v) is 5.62. The average molecular weight is 214 g/mol. The molecule has 0 bridgehead atoms. The number of aliphatic hydroxyl groups is 1. The first kappa shape index (κ1) is 14.2. The van der Waals surface area contributed by atoms with E-state index in [1.54, 1.807) is 6.92 Å². The van der Waals surface area contributed by atoms with E-state index in [2.05, 4.69) is 13.0 Å². The van der Waals surface area contributed by atoms with E-state index < -0.39 is 12.1 Å². The zero-order valence-electron chi connectivity index (χ0n) is 9.95. The minimum Gasteiger partial charge on any atom is -0.464 e. The monoisotopic (exact) mass is 214 g/mol. The predicted molar refractivity (Wildman–Crippen MR) is 60.5 cm³/mol. The van der Waals surface area contributed by atoms with Crippen molar-refractivity contribution in [3.8, 4) is 0 Å². The minimum atomic E-state index is -1.01. The van der Waals surface area contributed by atoms with Crippen LogP contribution in [0.4, 0.5) is 0 Å². The van der Waals surface area contributed by atoms with Gasteiger partial charge in [-0.25, -0.2) is 4.79 Å². The molecule has 1 N–H and O–H groups in total. The van der Waals surface area contributed by atoms with Crippen LogP contribution >= 0.6 is 0 Å². The Hall–Kier alpha value is -0.830. The highest BCUT2D eigenvalue weighted by molar-refractivity contribution is 5.74. The van der Waals surface area contributed by atoms with Gasteiger partial charge < -0.3 is 9.84 Å². The lowest BCUT2D eigenvalue weighted by molar-refractivity contribution is -0.152. The number of ether oxygens (including phenoxy) is 1. The molecule has 0 aliphatic carbocycles. The Kier molecular flexibility index (Phi) is 8.01. The standard InChI is InChI=1S/C12H22O3/c1-4-6-7-8-10(3)9-11(13)12(14)15-5-2/h8,11,13H,4-7,9H2,1-3H3/b10-8+. The number of carbonyl (C=O) groups is 1. The first-order chi connectivity index (χ1) is 7.11. The van der Waals surface area contributed by atoms with Crippen LogP contribution in [-0.4, -0.2) is 23.8 Å². The zero-order chi connectivity index (χ0) is 11.7. The summed E-state index contributed by atoms with van der Waals surface area (Å²) in [4.78, 5) is 11.1. The van der Waals surface area contributed by atoms with Crippen LogP contribution in [0.25, 0.3) is 0 Å². The van der Waals surface area contributed by atoms with Crippen molar-refractivity contribution < 1.29 is 14.6 Å². The summed E-state index contributed by atoms with van der Waals surface area (Å²) in [7, 11) is 0. The van der Waals surface area contributed by atoms with Crippen LogP contribution in [0.15, 0.2) is 11.6 Å². The van der Waals surface area contributed by atoms with E-state index in [1.165, 1.54) is 0 Å². The van der Waals surface area contributed by atoms with Crippen molar-refractivity contribution in [3.05, 3.63) is 11.6 Å². The molecule has 0 aliphatic rings. The second-order valence-electron chi connectivity index (χ2n) is 3.66. The fourth-order valence-corrected chi connectivity index (χ4v) is 1.26. The Bertz CT molecular complexity index is 209. The smallest absolute Gasteiger partial charge is 0.335 e. The molecule has 88 valence electrons. The lowest BCUT2D eigenvalue weighted by Gasteiger charge is -2.09. The van der Waals surface area contributed by atoms with Gasteiger partial charge in [0.1, 0.15) is 0 Å². The van der Waals surface area contributed by atoms with Crippen LogP contribution in [0.1, 0.15) is 46.5 Å². The molecule has 0 saturated heterocycles. The van der Waals surface area contributed by atoms with Gasteiger partial charge in [0.25, 0.3) is 0 Å². The molecule has 0 heterocycles. The van der Waals surface area contributed by atoms with Crippen molar-refractivity contribution in [2.75, 3.05) is 6.61 Å². The van der Waals surface area contributed by atoms with E-state index in [9.17, 15) is 9.90 Å². The number of aliphatic hydroxyl groups excluding tert-OH is 1. The van der Waals surface area contributed by atoms with E-state index in [1.807, 2.05) is 6.92 Å². The molecule has 3 heteroatoms. The fourth-order valence-electron chi connectivity index (χ4n) is 1.26. The maximum absolute atomic E-state index is 11.1.